The average Bonchev–Trinajstić information content (AvgIpc) is 2.31. The zero-order valence-corrected chi connectivity index (χ0v) is 14.6. The average molecular weight is 285 g/mol. The summed E-state index contributed by atoms with van der Waals surface area (Å²) in [6.45, 7) is 14.7. The molecule has 0 aromatic heterocycles. The molecule has 0 aromatic carbocycles. The van der Waals surface area contributed by atoms with E-state index in [1.54, 1.807) is 0 Å². The van der Waals surface area contributed by atoms with Gasteiger partial charge in [0.05, 0.1) is 0 Å². The van der Waals surface area contributed by atoms with E-state index >= 15 is 0 Å². The van der Waals surface area contributed by atoms with E-state index in [4.69, 9.17) is 9.53 Å². The molecule has 0 rings (SSSR count). The van der Waals surface area contributed by atoms with E-state index in [1.807, 2.05) is 0 Å². The fraction of sp³-hybridized carbons (Fsp3) is 0.875. The number of hydrogen-bond donors (Lipinski definition) is 1. The Morgan fingerprint density at radius 3 is 1.84 bits per heavy atom. The summed E-state index contributed by atoms with van der Waals surface area (Å²) in [6.07, 6.45) is 3.00. The first kappa shape index (κ1) is 18.7. The van der Waals surface area contributed by atoms with Crippen molar-refractivity contribution >= 4 is 8.32 Å². The summed E-state index contributed by atoms with van der Waals surface area (Å²) in [6, 6.07) is 0. The highest BCUT2D eigenvalue weighted by Crippen LogP contribution is 2.42. The van der Waals surface area contributed by atoms with E-state index < -0.39 is 8.32 Å². The number of aliphatic hydroxyl groups excluding tert-OH is 1. The Morgan fingerprint density at radius 2 is 1.42 bits per heavy atom. The van der Waals surface area contributed by atoms with E-state index in [-0.39, 0.29) is 6.61 Å². The van der Waals surface area contributed by atoms with Gasteiger partial charge in [0.15, 0.2) is 8.32 Å². The van der Waals surface area contributed by atoms with E-state index in [1.165, 1.54) is 0 Å². The standard InChI is InChI=1S/C16H32O2Si/c1-14(2)19(15(3)4,16(5)6)18-13-11-9-7-8-10-12-17/h14-17H,7,9,11-13H2,1-6H3. The SMILES string of the molecule is CC(C)[Si](OCCCCC#CCO)(C(C)C)C(C)C. The molecule has 0 bridgehead atoms. The van der Waals surface area contributed by atoms with Crippen molar-refractivity contribution in [3.05, 3.63) is 0 Å². The van der Waals surface area contributed by atoms with Crippen LogP contribution >= 0.6 is 0 Å². The maximum Gasteiger partial charge on any atom is 0.200 e. The van der Waals surface area contributed by atoms with Gasteiger partial charge in [-0.2, -0.15) is 0 Å². The van der Waals surface area contributed by atoms with Crippen molar-refractivity contribution < 1.29 is 9.53 Å². The fourth-order valence-corrected chi connectivity index (χ4v) is 8.71. The second-order valence-corrected chi connectivity index (χ2v) is 11.6. The number of rotatable bonds is 8. The molecule has 2 nitrogen and oxygen atoms in total. The quantitative estimate of drug-likeness (QED) is 0.408. The van der Waals surface area contributed by atoms with Crippen LogP contribution in [0.15, 0.2) is 0 Å². The summed E-state index contributed by atoms with van der Waals surface area (Å²) in [4.78, 5) is 0. The van der Waals surface area contributed by atoms with Crippen molar-refractivity contribution in [3.63, 3.8) is 0 Å². The maximum atomic E-state index is 8.57. The minimum Gasteiger partial charge on any atom is -0.416 e. The number of unbranched alkanes of at least 4 members (excludes halogenated alkanes) is 2. The van der Waals surface area contributed by atoms with Gasteiger partial charge in [-0.1, -0.05) is 47.5 Å². The molecule has 0 saturated carbocycles. The van der Waals surface area contributed by atoms with Crippen molar-refractivity contribution in [2.75, 3.05) is 13.2 Å². The highest BCUT2D eigenvalue weighted by Gasteiger charge is 2.44. The highest BCUT2D eigenvalue weighted by atomic mass is 28.4. The molecule has 0 heterocycles. The van der Waals surface area contributed by atoms with Crippen LogP contribution in [0.4, 0.5) is 0 Å². The molecule has 0 atom stereocenters. The summed E-state index contributed by atoms with van der Waals surface area (Å²) in [5.41, 5.74) is 1.96. The third-order valence-corrected chi connectivity index (χ3v) is 10.1. The normalized spacial score (nSPS) is 12.1. The van der Waals surface area contributed by atoms with Crippen LogP contribution in [0.1, 0.15) is 60.8 Å². The predicted molar refractivity (Wildman–Crippen MR) is 85.7 cm³/mol. The van der Waals surface area contributed by atoms with Gasteiger partial charge in [0, 0.05) is 13.0 Å². The Bertz CT molecular complexity index is 265. The van der Waals surface area contributed by atoms with Crippen molar-refractivity contribution in [2.45, 2.75) is 77.4 Å². The Labute approximate surface area is 121 Å². The number of aliphatic hydroxyl groups is 1. The first-order valence-electron chi connectivity index (χ1n) is 7.60. The Kier molecular flexibility index (Phi) is 9.42. The minimum atomic E-state index is -1.68. The molecule has 0 aliphatic carbocycles. The lowest BCUT2D eigenvalue weighted by Gasteiger charge is -2.42. The summed E-state index contributed by atoms with van der Waals surface area (Å²) >= 11 is 0. The lowest BCUT2D eigenvalue weighted by Crippen LogP contribution is -2.47. The van der Waals surface area contributed by atoms with Gasteiger partial charge in [0.25, 0.3) is 0 Å². The molecule has 0 aliphatic rings. The molecule has 0 spiro atoms. The topological polar surface area (TPSA) is 29.5 Å². The lowest BCUT2D eigenvalue weighted by atomic mass is 10.2. The molecule has 0 fully saturated rings. The molecular formula is C16H32O2Si. The van der Waals surface area contributed by atoms with Crippen LogP contribution < -0.4 is 0 Å². The van der Waals surface area contributed by atoms with Gasteiger partial charge in [-0.05, 0) is 29.5 Å². The van der Waals surface area contributed by atoms with Crippen LogP contribution in [0.5, 0.6) is 0 Å². The van der Waals surface area contributed by atoms with Crippen LogP contribution in [0.3, 0.4) is 0 Å². The molecule has 0 aromatic rings. The fourth-order valence-electron chi connectivity index (χ4n) is 3.21. The van der Waals surface area contributed by atoms with Crippen molar-refractivity contribution in [1.29, 1.82) is 0 Å². The maximum absolute atomic E-state index is 8.57. The minimum absolute atomic E-state index is 0.0272. The first-order chi connectivity index (χ1) is 8.89. The molecule has 19 heavy (non-hydrogen) atoms. The van der Waals surface area contributed by atoms with Crippen LogP contribution in [0, 0.1) is 11.8 Å². The zero-order chi connectivity index (χ0) is 14.9. The van der Waals surface area contributed by atoms with E-state index in [2.05, 4.69) is 53.4 Å². The number of hydrogen-bond acceptors (Lipinski definition) is 2. The van der Waals surface area contributed by atoms with E-state index in [0.29, 0.717) is 16.6 Å². The van der Waals surface area contributed by atoms with Crippen LogP contribution in [0.25, 0.3) is 0 Å². The van der Waals surface area contributed by atoms with Crippen molar-refractivity contribution in [3.8, 4) is 11.8 Å². The van der Waals surface area contributed by atoms with Gasteiger partial charge >= 0.3 is 0 Å². The van der Waals surface area contributed by atoms with Crippen LogP contribution in [0.2, 0.25) is 16.6 Å². The summed E-state index contributed by atoms with van der Waals surface area (Å²) < 4.78 is 6.46. The second-order valence-electron chi connectivity index (χ2n) is 6.13. The predicted octanol–water partition coefficient (Wildman–Crippen LogP) is 4.34. The second kappa shape index (κ2) is 9.58. The monoisotopic (exact) mass is 284 g/mol. The summed E-state index contributed by atoms with van der Waals surface area (Å²) in [5.74, 6) is 5.64. The molecule has 0 amide bonds. The van der Waals surface area contributed by atoms with Crippen LogP contribution in [-0.2, 0) is 4.43 Å². The molecular weight excluding hydrogens is 252 g/mol. The van der Waals surface area contributed by atoms with Crippen LogP contribution in [-0.4, -0.2) is 26.6 Å². The van der Waals surface area contributed by atoms with Gasteiger partial charge in [-0.15, -0.1) is 5.92 Å². The zero-order valence-electron chi connectivity index (χ0n) is 13.6. The largest absolute Gasteiger partial charge is 0.416 e. The summed E-state index contributed by atoms with van der Waals surface area (Å²) in [7, 11) is -1.68. The molecule has 1 N–H and O–H groups in total. The van der Waals surface area contributed by atoms with Gasteiger partial charge in [0.2, 0.25) is 0 Å². The Morgan fingerprint density at radius 1 is 0.895 bits per heavy atom. The van der Waals surface area contributed by atoms with Crippen molar-refractivity contribution in [1.82, 2.24) is 0 Å². The van der Waals surface area contributed by atoms with E-state index in [0.717, 1.165) is 25.9 Å². The lowest BCUT2D eigenvalue weighted by molar-refractivity contribution is 0.270. The summed E-state index contributed by atoms with van der Waals surface area (Å²) in [5, 5.41) is 8.57. The molecule has 0 saturated heterocycles. The molecule has 0 aliphatic heterocycles. The van der Waals surface area contributed by atoms with Gasteiger partial charge in [0.1, 0.15) is 6.61 Å². The molecule has 3 heteroatoms. The Hall–Kier alpha value is -0.303. The van der Waals surface area contributed by atoms with Gasteiger partial charge < -0.3 is 9.53 Å². The molecule has 0 unspecified atom stereocenters. The molecule has 112 valence electrons. The van der Waals surface area contributed by atoms with Gasteiger partial charge in [-0.25, -0.2) is 0 Å². The third-order valence-electron chi connectivity index (χ3n) is 3.96. The first-order valence-corrected chi connectivity index (χ1v) is 9.74. The van der Waals surface area contributed by atoms with Gasteiger partial charge in [-0.3, -0.25) is 0 Å². The van der Waals surface area contributed by atoms with Crippen molar-refractivity contribution in [2.24, 2.45) is 0 Å². The third kappa shape index (κ3) is 5.68. The van der Waals surface area contributed by atoms with E-state index in [9.17, 15) is 0 Å². The highest BCUT2D eigenvalue weighted by molar-refractivity contribution is 6.77. The molecule has 0 radical (unpaired) electrons. The Balaban J connectivity index is 4.29. The smallest absolute Gasteiger partial charge is 0.200 e.